The number of anilines is 1. The van der Waals surface area contributed by atoms with E-state index in [1.54, 1.807) is 24.3 Å². The van der Waals surface area contributed by atoms with Gasteiger partial charge in [0.05, 0.1) is 25.0 Å². The van der Waals surface area contributed by atoms with Crippen LogP contribution in [-0.4, -0.2) is 54.0 Å². The molecule has 0 aromatic heterocycles. The van der Waals surface area contributed by atoms with E-state index < -0.39 is 23.4 Å². The maximum atomic E-state index is 13.6. The Labute approximate surface area is 191 Å². The lowest BCUT2D eigenvalue weighted by atomic mass is 9.75. The third-order valence-electron chi connectivity index (χ3n) is 7.17. The van der Waals surface area contributed by atoms with Gasteiger partial charge in [0.1, 0.15) is 11.3 Å². The number of hydrogen-bond acceptors (Lipinski definition) is 6. The number of benzene rings is 2. The van der Waals surface area contributed by atoms with Crippen LogP contribution in [0, 0.1) is 25.7 Å². The highest BCUT2D eigenvalue weighted by molar-refractivity contribution is 6.15. The van der Waals surface area contributed by atoms with Gasteiger partial charge in [-0.25, -0.2) is 0 Å². The Kier molecular flexibility index (Phi) is 5.02. The number of hydrogen-bond donors (Lipinski definition) is 3. The summed E-state index contributed by atoms with van der Waals surface area (Å²) in [6, 6.07) is 10.3. The number of rotatable bonds is 5. The van der Waals surface area contributed by atoms with Crippen LogP contribution in [0.1, 0.15) is 22.3 Å². The smallest absolute Gasteiger partial charge is 0.250 e. The summed E-state index contributed by atoms with van der Waals surface area (Å²) in [5.41, 5.74) is 2.92. The van der Waals surface area contributed by atoms with Crippen molar-refractivity contribution in [3.63, 3.8) is 0 Å². The Bertz CT molecular complexity index is 1160. The minimum absolute atomic E-state index is 0.153. The van der Waals surface area contributed by atoms with Crippen molar-refractivity contribution < 1.29 is 24.2 Å². The highest BCUT2D eigenvalue weighted by Gasteiger charge is 2.70. The van der Waals surface area contributed by atoms with Crippen LogP contribution in [0.4, 0.5) is 5.69 Å². The van der Waals surface area contributed by atoms with Crippen LogP contribution in [0.5, 0.6) is 5.75 Å². The van der Waals surface area contributed by atoms with Crippen molar-refractivity contribution in [1.82, 2.24) is 10.2 Å². The summed E-state index contributed by atoms with van der Waals surface area (Å²) >= 11 is 0. The van der Waals surface area contributed by atoms with Gasteiger partial charge in [0, 0.05) is 24.4 Å². The van der Waals surface area contributed by atoms with Gasteiger partial charge in [-0.05, 0) is 43.5 Å². The molecule has 3 N–H and O–H groups in total. The molecule has 0 bridgehead atoms. The number of phenols is 1. The van der Waals surface area contributed by atoms with Gasteiger partial charge >= 0.3 is 0 Å². The number of likely N-dealkylation sites (tertiary alicyclic amines) is 1. The number of ether oxygens (including phenoxy) is 1. The monoisotopic (exact) mass is 449 g/mol. The number of nitrogens with one attached hydrogen (secondary N) is 2. The summed E-state index contributed by atoms with van der Waals surface area (Å²) in [7, 11) is 1.52. The van der Waals surface area contributed by atoms with E-state index >= 15 is 0 Å². The molecule has 0 saturated carbocycles. The molecular weight excluding hydrogens is 422 g/mol. The number of imide groups is 1. The van der Waals surface area contributed by atoms with Crippen molar-refractivity contribution in [2.75, 3.05) is 25.6 Å². The van der Waals surface area contributed by atoms with E-state index in [9.17, 15) is 19.5 Å². The molecular formula is C25H27N3O5. The fourth-order valence-corrected chi connectivity index (χ4v) is 5.78. The molecule has 3 aliphatic heterocycles. The Hall–Kier alpha value is -3.23. The largest absolute Gasteiger partial charge is 0.508 e. The molecule has 2 aromatic rings. The summed E-state index contributed by atoms with van der Waals surface area (Å²) in [6.07, 6.45) is 0.438. The third-order valence-corrected chi connectivity index (χ3v) is 7.17. The summed E-state index contributed by atoms with van der Waals surface area (Å²) in [6.45, 7) is 4.28. The molecule has 3 heterocycles. The molecule has 8 nitrogen and oxygen atoms in total. The molecule has 1 spiro atoms. The number of aromatic hydroxyl groups is 1. The number of nitrogens with zero attached hydrogens (tertiary/aromatic N) is 1. The number of carbonyl (C=O) groups excluding carboxylic acids is 3. The molecule has 4 atom stereocenters. The molecule has 3 amide bonds. The molecule has 3 aliphatic rings. The fraction of sp³-hybridized carbons (Fsp3) is 0.400. The van der Waals surface area contributed by atoms with E-state index in [0.717, 1.165) is 22.3 Å². The maximum absolute atomic E-state index is 13.6. The fourth-order valence-electron chi connectivity index (χ4n) is 5.78. The van der Waals surface area contributed by atoms with Gasteiger partial charge in [-0.3, -0.25) is 24.6 Å². The van der Waals surface area contributed by atoms with E-state index in [-0.39, 0.29) is 36.6 Å². The maximum Gasteiger partial charge on any atom is 0.250 e. The van der Waals surface area contributed by atoms with Crippen molar-refractivity contribution in [1.29, 1.82) is 0 Å². The molecule has 2 saturated heterocycles. The van der Waals surface area contributed by atoms with Gasteiger partial charge in [-0.1, -0.05) is 29.8 Å². The first-order chi connectivity index (χ1) is 15.8. The predicted octanol–water partition coefficient (Wildman–Crippen LogP) is 1.62. The van der Waals surface area contributed by atoms with Crippen molar-refractivity contribution in [3.8, 4) is 5.75 Å². The zero-order valence-electron chi connectivity index (χ0n) is 18.8. The number of aryl methyl sites for hydroxylation is 2. The molecule has 0 aliphatic carbocycles. The Morgan fingerprint density at radius 3 is 2.52 bits per heavy atom. The van der Waals surface area contributed by atoms with Gasteiger partial charge in [0.2, 0.25) is 17.7 Å². The Balaban J connectivity index is 1.63. The lowest BCUT2D eigenvalue weighted by molar-refractivity contribution is -0.143. The minimum Gasteiger partial charge on any atom is -0.508 e. The molecule has 0 radical (unpaired) electrons. The highest BCUT2D eigenvalue weighted by atomic mass is 16.5. The number of phenolic OH excluding ortho intramolecular Hbond substituents is 1. The SMILES string of the molecule is COCCN1C(=O)[C@H]2[C@@H](C1=O)[C@]1(N[C@@H]2Cc2ccc(O)cc2)C(=O)Nc2c(C)cc(C)cc21. The number of amides is 3. The molecule has 2 fully saturated rings. The third kappa shape index (κ3) is 3.08. The van der Waals surface area contributed by atoms with Crippen LogP contribution in [-0.2, 0) is 31.1 Å². The normalized spacial score (nSPS) is 27.9. The second kappa shape index (κ2) is 7.67. The summed E-state index contributed by atoms with van der Waals surface area (Å²) in [4.78, 5) is 41.9. The second-order valence-corrected chi connectivity index (χ2v) is 9.21. The molecule has 8 heteroatoms. The van der Waals surface area contributed by atoms with Crippen molar-refractivity contribution in [2.45, 2.75) is 31.8 Å². The molecule has 33 heavy (non-hydrogen) atoms. The van der Waals surface area contributed by atoms with Gasteiger partial charge in [-0.2, -0.15) is 0 Å². The first-order valence-electron chi connectivity index (χ1n) is 11.1. The van der Waals surface area contributed by atoms with Crippen LogP contribution in [0.3, 0.4) is 0 Å². The van der Waals surface area contributed by atoms with Crippen LogP contribution < -0.4 is 10.6 Å². The molecule has 0 unspecified atom stereocenters. The van der Waals surface area contributed by atoms with Crippen molar-refractivity contribution in [3.05, 3.63) is 58.7 Å². The highest BCUT2D eigenvalue weighted by Crippen LogP contribution is 2.54. The first-order valence-corrected chi connectivity index (χ1v) is 11.1. The van der Waals surface area contributed by atoms with Crippen molar-refractivity contribution >= 4 is 23.4 Å². The zero-order chi connectivity index (χ0) is 23.5. The number of fused-ring (bicyclic) bond motifs is 4. The first kappa shape index (κ1) is 21.6. The lowest BCUT2D eigenvalue weighted by Crippen LogP contribution is -2.53. The van der Waals surface area contributed by atoms with E-state index in [2.05, 4.69) is 10.6 Å². The van der Waals surface area contributed by atoms with E-state index in [4.69, 9.17) is 4.74 Å². The van der Waals surface area contributed by atoms with Crippen LogP contribution in [0.15, 0.2) is 36.4 Å². The number of methoxy groups -OCH3 is 1. The standard InChI is InChI=1S/C25H27N3O5/c1-13-10-14(2)21-17(11-13)25(24(32)26-21)20-19(22(30)28(23(20)31)8-9-33-3)18(27-25)12-15-4-6-16(29)7-5-15/h4-7,10-11,18-20,27,29H,8-9,12H2,1-3H3,(H,26,32)/t18-,19-,20+,25+/m1/s1. The van der Waals surface area contributed by atoms with Crippen LogP contribution in [0.25, 0.3) is 0 Å². The quantitative estimate of drug-likeness (QED) is 0.599. The summed E-state index contributed by atoms with van der Waals surface area (Å²) in [5, 5.41) is 16.1. The van der Waals surface area contributed by atoms with Crippen LogP contribution in [0.2, 0.25) is 0 Å². The van der Waals surface area contributed by atoms with Gasteiger partial charge in [0.15, 0.2) is 0 Å². The predicted molar refractivity (Wildman–Crippen MR) is 121 cm³/mol. The Morgan fingerprint density at radius 1 is 1.09 bits per heavy atom. The van der Waals surface area contributed by atoms with E-state index in [1.807, 2.05) is 26.0 Å². The second-order valence-electron chi connectivity index (χ2n) is 9.21. The summed E-state index contributed by atoms with van der Waals surface area (Å²) < 4.78 is 5.12. The Morgan fingerprint density at radius 2 is 1.82 bits per heavy atom. The average molecular weight is 450 g/mol. The van der Waals surface area contributed by atoms with Crippen LogP contribution >= 0.6 is 0 Å². The minimum atomic E-state index is -1.31. The van der Waals surface area contributed by atoms with Crippen molar-refractivity contribution in [2.24, 2.45) is 11.8 Å². The zero-order valence-corrected chi connectivity index (χ0v) is 18.8. The molecule has 2 aromatic carbocycles. The van der Waals surface area contributed by atoms with E-state index in [0.29, 0.717) is 12.1 Å². The molecule has 5 rings (SSSR count). The lowest BCUT2D eigenvalue weighted by Gasteiger charge is -2.30. The van der Waals surface area contributed by atoms with Gasteiger partial charge in [-0.15, -0.1) is 0 Å². The van der Waals surface area contributed by atoms with Gasteiger partial charge < -0.3 is 15.2 Å². The topological polar surface area (TPSA) is 108 Å². The average Bonchev–Trinajstić information content (AvgIpc) is 3.34. The van der Waals surface area contributed by atoms with Gasteiger partial charge in [0.25, 0.3) is 0 Å². The summed E-state index contributed by atoms with van der Waals surface area (Å²) in [5.74, 6) is -2.29. The molecule has 172 valence electrons. The number of carbonyl (C=O) groups is 3. The van der Waals surface area contributed by atoms with E-state index in [1.165, 1.54) is 12.0 Å².